The lowest BCUT2D eigenvalue weighted by Gasteiger charge is -2.31. The van der Waals surface area contributed by atoms with Crippen LogP contribution in [0.5, 0.6) is 0 Å². The SMILES string of the molecule is O=C(Nc1cc(Br)ccc1N1CCOCC1)[C@@H]1C[C@H]2CC[C@H]1C2. The predicted octanol–water partition coefficient (Wildman–Crippen LogP) is 3.66. The molecule has 2 aliphatic carbocycles. The number of amides is 1. The molecule has 2 bridgehead atoms. The second-order valence-electron chi connectivity index (χ2n) is 7.03. The number of hydrogen-bond acceptors (Lipinski definition) is 3. The van der Waals surface area contributed by atoms with Crippen LogP contribution >= 0.6 is 15.9 Å². The van der Waals surface area contributed by atoms with E-state index in [0.717, 1.165) is 54.5 Å². The fourth-order valence-corrected chi connectivity index (χ4v) is 4.84. The van der Waals surface area contributed by atoms with Gasteiger partial charge in [-0.25, -0.2) is 0 Å². The Labute approximate surface area is 145 Å². The standard InChI is InChI=1S/C18H23BrN2O2/c19-14-3-4-17(21-5-7-23-8-6-21)16(11-14)20-18(22)15-10-12-1-2-13(15)9-12/h3-4,11-13,15H,1-2,5-10H2,(H,20,22)/t12-,13-,15+/m0/s1. The van der Waals surface area contributed by atoms with Crippen LogP contribution in [-0.4, -0.2) is 32.2 Å². The van der Waals surface area contributed by atoms with Gasteiger partial charge in [0, 0.05) is 23.5 Å². The Hall–Kier alpha value is -1.07. The number of rotatable bonds is 3. The van der Waals surface area contributed by atoms with Crippen molar-refractivity contribution in [3.63, 3.8) is 0 Å². The molecule has 1 N–H and O–H groups in total. The molecule has 4 nitrogen and oxygen atoms in total. The Bertz CT molecular complexity index is 601. The first kappa shape index (κ1) is 15.5. The number of carbonyl (C=O) groups is 1. The fraction of sp³-hybridized carbons (Fsp3) is 0.611. The molecule has 0 spiro atoms. The number of halogens is 1. The molecule has 1 aromatic rings. The zero-order chi connectivity index (χ0) is 15.8. The van der Waals surface area contributed by atoms with Gasteiger partial charge in [-0.2, -0.15) is 0 Å². The maximum Gasteiger partial charge on any atom is 0.227 e. The summed E-state index contributed by atoms with van der Waals surface area (Å²) in [5.41, 5.74) is 2.03. The van der Waals surface area contributed by atoms with Crippen molar-refractivity contribution in [2.45, 2.75) is 25.7 Å². The molecule has 5 heteroatoms. The number of nitrogens with zero attached hydrogens (tertiary/aromatic N) is 1. The summed E-state index contributed by atoms with van der Waals surface area (Å²) >= 11 is 3.53. The Morgan fingerprint density at radius 3 is 2.74 bits per heavy atom. The fourth-order valence-electron chi connectivity index (χ4n) is 4.48. The van der Waals surface area contributed by atoms with Crippen molar-refractivity contribution < 1.29 is 9.53 Å². The number of ether oxygens (including phenoxy) is 1. The first-order chi connectivity index (χ1) is 11.2. The van der Waals surface area contributed by atoms with Crippen LogP contribution in [0.25, 0.3) is 0 Å². The highest BCUT2D eigenvalue weighted by molar-refractivity contribution is 9.10. The zero-order valence-corrected chi connectivity index (χ0v) is 14.8. The molecule has 0 unspecified atom stereocenters. The van der Waals surface area contributed by atoms with Crippen molar-refractivity contribution >= 4 is 33.2 Å². The molecular weight excluding hydrogens is 356 g/mol. The maximum atomic E-state index is 12.8. The van der Waals surface area contributed by atoms with E-state index in [2.05, 4.69) is 32.2 Å². The maximum absolute atomic E-state index is 12.8. The van der Waals surface area contributed by atoms with Crippen LogP contribution in [0, 0.1) is 17.8 Å². The third-order valence-corrected chi connectivity index (χ3v) is 6.14. The van der Waals surface area contributed by atoms with Crippen LogP contribution in [-0.2, 0) is 9.53 Å². The Morgan fingerprint density at radius 2 is 2.04 bits per heavy atom. The summed E-state index contributed by atoms with van der Waals surface area (Å²) in [5.74, 6) is 1.83. The molecule has 0 aromatic heterocycles. The summed E-state index contributed by atoms with van der Waals surface area (Å²) in [6.45, 7) is 3.24. The van der Waals surface area contributed by atoms with Crippen molar-refractivity contribution in [2.24, 2.45) is 17.8 Å². The lowest BCUT2D eigenvalue weighted by molar-refractivity contribution is -0.121. The monoisotopic (exact) mass is 378 g/mol. The van der Waals surface area contributed by atoms with E-state index in [4.69, 9.17) is 4.74 Å². The molecule has 4 rings (SSSR count). The summed E-state index contributed by atoms with van der Waals surface area (Å²) in [6.07, 6.45) is 4.90. The summed E-state index contributed by atoms with van der Waals surface area (Å²) in [5, 5.41) is 3.22. The van der Waals surface area contributed by atoms with E-state index >= 15 is 0 Å². The number of fused-ring (bicyclic) bond motifs is 2. The molecular formula is C18H23BrN2O2. The molecule has 3 fully saturated rings. The summed E-state index contributed by atoms with van der Waals surface area (Å²) < 4.78 is 6.44. The summed E-state index contributed by atoms with van der Waals surface area (Å²) in [4.78, 5) is 15.1. The van der Waals surface area contributed by atoms with Crippen molar-refractivity contribution in [3.05, 3.63) is 22.7 Å². The third-order valence-electron chi connectivity index (χ3n) is 5.64. The van der Waals surface area contributed by atoms with Gasteiger partial charge in [-0.15, -0.1) is 0 Å². The van der Waals surface area contributed by atoms with E-state index in [1.165, 1.54) is 19.3 Å². The highest BCUT2D eigenvalue weighted by atomic mass is 79.9. The van der Waals surface area contributed by atoms with Crippen molar-refractivity contribution in [3.8, 4) is 0 Å². The molecule has 0 radical (unpaired) electrons. The Morgan fingerprint density at radius 1 is 1.22 bits per heavy atom. The van der Waals surface area contributed by atoms with Crippen LogP contribution < -0.4 is 10.2 Å². The number of carbonyl (C=O) groups excluding carboxylic acids is 1. The van der Waals surface area contributed by atoms with E-state index in [0.29, 0.717) is 5.92 Å². The number of nitrogens with one attached hydrogen (secondary N) is 1. The van der Waals surface area contributed by atoms with Gasteiger partial charge in [-0.05, 0) is 49.3 Å². The summed E-state index contributed by atoms with van der Waals surface area (Å²) in [7, 11) is 0. The highest BCUT2D eigenvalue weighted by Crippen LogP contribution is 2.48. The Balaban J connectivity index is 1.53. The topological polar surface area (TPSA) is 41.6 Å². The van der Waals surface area contributed by atoms with E-state index in [1.54, 1.807) is 0 Å². The van der Waals surface area contributed by atoms with Crippen molar-refractivity contribution in [2.75, 3.05) is 36.5 Å². The van der Waals surface area contributed by atoms with Gasteiger partial charge in [0.15, 0.2) is 0 Å². The second kappa shape index (κ2) is 6.44. The van der Waals surface area contributed by atoms with E-state index in [-0.39, 0.29) is 11.8 Å². The minimum absolute atomic E-state index is 0.213. The molecule has 1 heterocycles. The van der Waals surface area contributed by atoms with Gasteiger partial charge in [0.25, 0.3) is 0 Å². The zero-order valence-electron chi connectivity index (χ0n) is 13.3. The highest BCUT2D eigenvalue weighted by Gasteiger charge is 2.43. The van der Waals surface area contributed by atoms with Gasteiger partial charge >= 0.3 is 0 Å². The van der Waals surface area contributed by atoms with Crippen LogP contribution in [0.4, 0.5) is 11.4 Å². The predicted molar refractivity (Wildman–Crippen MR) is 94.7 cm³/mol. The smallest absolute Gasteiger partial charge is 0.227 e. The first-order valence-electron chi connectivity index (χ1n) is 8.64. The van der Waals surface area contributed by atoms with Gasteiger partial charge in [-0.3, -0.25) is 4.79 Å². The molecule has 3 aliphatic rings. The molecule has 1 aromatic carbocycles. The average molecular weight is 379 g/mol. The van der Waals surface area contributed by atoms with Crippen LogP contribution in [0.2, 0.25) is 0 Å². The number of benzene rings is 1. The van der Waals surface area contributed by atoms with Gasteiger partial charge in [-0.1, -0.05) is 22.4 Å². The lowest BCUT2D eigenvalue weighted by Crippen LogP contribution is -2.37. The number of anilines is 2. The quantitative estimate of drug-likeness (QED) is 0.872. The lowest BCUT2D eigenvalue weighted by atomic mass is 9.88. The first-order valence-corrected chi connectivity index (χ1v) is 9.43. The normalized spacial score (nSPS) is 29.8. The molecule has 3 atom stereocenters. The molecule has 124 valence electrons. The molecule has 1 saturated heterocycles. The minimum atomic E-state index is 0.213. The minimum Gasteiger partial charge on any atom is -0.378 e. The van der Waals surface area contributed by atoms with E-state index in [9.17, 15) is 4.79 Å². The number of hydrogen-bond donors (Lipinski definition) is 1. The Kier molecular flexibility index (Phi) is 4.33. The van der Waals surface area contributed by atoms with Gasteiger partial charge in [0.2, 0.25) is 5.91 Å². The second-order valence-corrected chi connectivity index (χ2v) is 7.95. The molecule has 1 amide bonds. The molecule has 2 saturated carbocycles. The van der Waals surface area contributed by atoms with Crippen molar-refractivity contribution in [1.29, 1.82) is 0 Å². The van der Waals surface area contributed by atoms with Gasteiger partial charge in [0.1, 0.15) is 0 Å². The molecule has 1 aliphatic heterocycles. The van der Waals surface area contributed by atoms with Crippen LogP contribution in [0.3, 0.4) is 0 Å². The van der Waals surface area contributed by atoms with E-state index < -0.39 is 0 Å². The number of morpholine rings is 1. The van der Waals surface area contributed by atoms with Crippen molar-refractivity contribution in [1.82, 2.24) is 0 Å². The van der Waals surface area contributed by atoms with Crippen LogP contribution in [0.1, 0.15) is 25.7 Å². The average Bonchev–Trinajstić information content (AvgIpc) is 3.19. The largest absolute Gasteiger partial charge is 0.378 e. The third kappa shape index (κ3) is 3.13. The molecule has 23 heavy (non-hydrogen) atoms. The van der Waals surface area contributed by atoms with Gasteiger partial charge in [0.05, 0.1) is 24.6 Å². The van der Waals surface area contributed by atoms with Gasteiger partial charge < -0.3 is 15.0 Å². The van der Waals surface area contributed by atoms with E-state index in [1.807, 2.05) is 12.1 Å². The summed E-state index contributed by atoms with van der Waals surface area (Å²) in [6, 6.07) is 6.15. The van der Waals surface area contributed by atoms with Crippen LogP contribution in [0.15, 0.2) is 22.7 Å².